The van der Waals surface area contributed by atoms with E-state index in [0.29, 0.717) is 6.42 Å². The zero-order chi connectivity index (χ0) is 18.3. The molecule has 2 atom stereocenters. The Morgan fingerprint density at radius 3 is 2.46 bits per heavy atom. The Balaban J connectivity index is 1.45. The summed E-state index contributed by atoms with van der Waals surface area (Å²) in [6.45, 7) is 8.37. The maximum Gasteiger partial charge on any atom is 0.0739 e. The molecule has 0 spiro atoms. The van der Waals surface area contributed by atoms with E-state index >= 15 is 0 Å². The van der Waals surface area contributed by atoms with Gasteiger partial charge in [-0.3, -0.25) is 4.90 Å². The molecule has 1 heterocycles. The van der Waals surface area contributed by atoms with Crippen LogP contribution in [-0.4, -0.2) is 48.3 Å². The lowest BCUT2D eigenvalue weighted by molar-refractivity contribution is 0.0395. The molecular formula is C22H29N3O. The van der Waals surface area contributed by atoms with E-state index in [-0.39, 0.29) is 12.1 Å². The first-order valence-corrected chi connectivity index (χ1v) is 9.63. The van der Waals surface area contributed by atoms with E-state index in [1.54, 1.807) is 0 Å². The summed E-state index contributed by atoms with van der Waals surface area (Å²) in [7, 11) is 0. The number of nitrogens with zero attached hydrogens (tertiary/aromatic N) is 2. The molecule has 4 heteroatoms. The zero-order valence-electron chi connectivity index (χ0n) is 15.8. The maximum atomic E-state index is 10.7. The highest BCUT2D eigenvalue weighted by atomic mass is 16.3. The molecule has 3 N–H and O–H groups in total. The number of nitrogen functional groups attached to an aromatic ring is 1. The minimum Gasteiger partial charge on any atom is -0.399 e. The minimum atomic E-state index is -0.309. The Morgan fingerprint density at radius 1 is 0.923 bits per heavy atom. The summed E-state index contributed by atoms with van der Waals surface area (Å²) in [5, 5.41) is 10.7. The van der Waals surface area contributed by atoms with E-state index in [0.717, 1.165) is 38.3 Å². The first kappa shape index (κ1) is 17.4. The third-order valence-electron chi connectivity index (χ3n) is 6.02. The van der Waals surface area contributed by atoms with Crippen molar-refractivity contribution in [1.82, 2.24) is 4.90 Å². The van der Waals surface area contributed by atoms with Gasteiger partial charge in [-0.15, -0.1) is 0 Å². The highest BCUT2D eigenvalue weighted by Crippen LogP contribution is 2.29. The molecule has 1 saturated heterocycles. The minimum absolute atomic E-state index is 0.215. The van der Waals surface area contributed by atoms with Crippen LogP contribution in [-0.2, 0) is 12.8 Å². The SMILES string of the molecule is Cc1ccc(C)c(N2CCN([C@H]3Cc4ccc(N)cc4C[C@@H]3O)CC2)c1. The van der Waals surface area contributed by atoms with Crippen LogP contribution in [0.25, 0.3) is 0 Å². The van der Waals surface area contributed by atoms with Crippen LogP contribution in [0.1, 0.15) is 22.3 Å². The molecule has 26 heavy (non-hydrogen) atoms. The number of hydrogen-bond acceptors (Lipinski definition) is 4. The summed E-state index contributed by atoms with van der Waals surface area (Å²) < 4.78 is 0. The lowest BCUT2D eigenvalue weighted by Crippen LogP contribution is -2.56. The van der Waals surface area contributed by atoms with E-state index in [9.17, 15) is 5.11 Å². The molecule has 0 aromatic heterocycles. The Morgan fingerprint density at radius 2 is 1.69 bits per heavy atom. The van der Waals surface area contributed by atoms with Crippen molar-refractivity contribution in [3.8, 4) is 0 Å². The summed E-state index contributed by atoms with van der Waals surface area (Å²) >= 11 is 0. The van der Waals surface area contributed by atoms with Crippen molar-refractivity contribution in [2.24, 2.45) is 0 Å². The third-order valence-corrected chi connectivity index (χ3v) is 6.02. The molecular weight excluding hydrogens is 322 g/mol. The van der Waals surface area contributed by atoms with Gasteiger partial charge in [-0.25, -0.2) is 0 Å². The monoisotopic (exact) mass is 351 g/mol. The predicted octanol–water partition coefficient (Wildman–Crippen LogP) is 2.54. The van der Waals surface area contributed by atoms with Crippen LogP contribution in [0.2, 0.25) is 0 Å². The number of hydrogen-bond donors (Lipinski definition) is 2. The Labute approximate surface area is 156 Å². The Kier molecular flexibility index (Phi) is 4.63. The van der Waals surface area contributed by atoms with Crippen molar-refractivity contribution >= 4 is 11.4 Å². The van der Waals surface area contributed by atoms with Crippen molar-refractivity contribution in [2.45, 2.75) is 38.8 Å². The van der Waals surface area contributed by atoms with E-state index in [1.807, 2.05) is 12.1 Å². The quantitative estimate of drug-likeness (QED) is 0.817. The second kappa shape index (κ2) is 6.93. The highest BCUT2D eigenvalue weighted by molar-refractivity contribution is 5.55. The lowest BCUT2D eigenvalue weighted by Gasteiger charge is -2.44. The standard InChI is InChI=1S/C22H29N3O/c1-15-3-4-16(2)20(11-15)24-7-9-25(10-8-24)21-13-17-5-6-19(23)12-18(17)14-22(21)26/h3-6,11-12,21-22,26H,7-10,13-14,23H2,1-2H3/t21-,22-/m0/s1. The van der Waals surface area contributed by atoms with Crippen molar-refractivity contribution in [2.75, 3.05) is 36.8 Å². The van der Waals surface area contributed by atoms with Gasteiger partial charge in [-0.2, -0.15) is 0 Å². The fraction of sp³-hybridized carbons (Fsp3) is 0.455. The van der Waals surface area contributed by atoms with Gasteiger partial charge in [-0.05, 0) is 60.7 Å². The number of aliphatic hydroxyl groups is 1. The zero-order valence-corrected chi connectivity index (χ0v) is 15.8. The first-order chi connectivity index (χ1) is 12.5. The normalized spacial score (nSPS) is 23.7. The summed E-state index contributed by atoms with van der Waals surface area (Å²) in [6.07, 6.45) is 1.32. The second-order valence-corrected chi connectivity index (χ2v) is 7.88. The number of anilines is 2. The summed E-state index contributed by atoms with van der Waals surface area (Å²) in [5.41, 5.74) is 13.2. The number of aliphatic hydroxyl groups excluding tert-OH is 1. The van der Waals surface area contributed by atoms with Gasteiger partial charge in [0.2, 0.25) is 0 Å². The molecule has 0 saturated carbocycles. The van der Waals surface area contributed by atoms with Gasteiger partial charge >= 0.3 is 0 Å². The van der Waals surface area contributed by atoms with Crippen LogP contribution >= 0.6 is 0 Å². The number of aryl methyl sites for hydroxylation is 2. The largest absolute Gasteiger partial charge is 0.399 e. The number of nitrogens with two attached hydrogens (primary N) is 1. The third kappa shape index (κ3) is 3.31. The smallest absolute Gasteiger partial charge is 0.0739 e. The average Bonchev–Trinajstić information content (AvgIpc) is 2.63. The van der Waals surface area contributed by atoms with Crippen molar-refractivity contribution in [3.63, 3.8) is 0 Å². The molecule has 0 radical (unpaired) electrons. The summed E-state index contributed by atoms with van der Waals surface area (Å²) in [4.78, 5) is 4.97. The maximum absolute atomic E-state index is 10.7. The molecule has 0 bridgehead atoms. The molecule has 1 aliphatic heterocycles. The van der Waals surface area contributed by atoms with Gasteiger partial charge in [0.1, 0.15) is 0 Å². The van der Waals surface area contributed by atoms with Crippen LogP contribution in [0.15, 0.2) is 36.4 Å². The Hall–Kier alpha value is -2.04. The second-order valence-electron chi connectivity index (χ2n) is 7.88. The average molecular weight is 351 g/mol. The van der Waals surface area contributed by atoms with Crippen molar-refractivity contribution < 1.29 is 5.11 Å². The summed E-state index contributed by atoms with van der Waals surface area (Å²) in [5.74, 6) is 0. The lowest BCUT2D eigenvalue weighted by atomic mass is 9.85. The van der Waals surface area contributed by atoms with E-state index < -0.39 is 0 Å². The van der Waals surface area contributed by atoms with Crippen molar-refractivity contribution in [3.05, 3.63) is 58.7 Å². The molecule has 0 unspecified atom stereocenters. The van der Waals surface area contributed by atoms with Gasteiger partial charge in [0.05, 0.1) is 6.10 Å². The molecule has 2 aromatic rings. The van der Waals surface area contributed by atoms with Crippen molar-refractivity contribution in [1.29, 1.82) is 0 Å². The van der Waals surface area contributed by atoms with Gasteiger partial charge < -0.3 is 15.7 Å². The predicted molar refractivity (Wildman–Crippen MR) is 108 cm³/mol. The molecule has 2 aromatic carbocycles. The fourth-order valence-corrected chi connectivity index (χ4v) is 4.48. The number of piperazine rings is 1. The number of fused-ring (bicyclic) bond motifs is 1. The van der Waals surface area contributed by atoms with Crippen LogP contribution in [0, 0.1) is 13.8 Å². The highest BCUT2D eigenvalue weighted by Gasteiger charge is 2.33. The molecule has 4 rings (SSSR count). The van der Waals surface area contributed by atoms with Gasteiger partial charge in [0, 0.05) is 50.0 Å². The molecule has 1 fully saturated rings. The van der Waals surface area contributed by atoms with Crippen LogP contribution < -0.4 is 10.6 Å². The van der Waals surface area contributed by atoms with E-state index in [1.165, 1.54) is 27.9 Å². The van der Waals surface area contributed by atoms with E-state index in [2.05, 4.69) is 47.9 Å². The van der Waals surface area contributed by atoms with Crippen LogP contribution in [0.5, 0.6) is 0 Å². The van der Waals surface area contributed by atoms with E-state index in [4.69, 9.17) is 5.73 Å². The molecule has 138 valence electrons. The van der Waals surface area contributed by atoms with Gasteiger partial charge in [-0.1, -0.05) is 18.2 Å². The van der Waals surface area contributed by atoms with Gasteiger partial charge in [0.15, 0.2) is 0 Å². The van der Waals surface area contributed by atoms with Gasteiger partial charge in [0.25, 0.3) is 0 Å². The molecule has 1 aliphatic carbocycles. The van der Waals surface area contributed by atoms with Crippen LogP contribution in [0.4, 0.5) is 11.4 Å². The number of rotatable bonds is 2. The first-order valence-electron chi connectivity index (χ1n) is 9.63. The summed E-state index contributed by atoms with van der Waals surface area (Å²) in [6, 6.07) is 13.0. The fourth-order valence-electron chi connectivity index (χ4n) is 4.48. The number of benzene rings is 2. The molecule has 0 amide bonds. The topological polar surface area (TPSA) is 52.7 Å². The van der Waals surface area contributed by atoms with Crippen LogP contribution in [0.3, 0.4) is 0 Å². The Bertz CT molecular complexity index is 796. The molecule has 4 nitrogen and oxygen atoms in total. The molecule has 2 aliphatic rings.